The van der Waals surface area contributed by atoms with Crippen LogP contribution in [0, 0.1) is 13.8 Å². The number of amides is 1. The third kappa shape index (κ3) is 2.79. The Labute approximate surface area is 135 Å². The lowest BCUT2D eigenvalue weighted by atomic mass is 10.2. The topological polar surface area (TPSA) is 79.4 Å². The van der Waals surface area contributed by atoms with Crippen molar-refractivity contribution in [2.45, 2.75) is 25.2 Å². The first kappa shape index (κ1) is 15.5. The first-order chi connectivity index (χ1) is 10.9. The summed E-state index contributed by atoms with van der Waals surface area (Å²) < 4.78 is 27.5. The van der Waals surface area contributed by atoms with Crippen LogP contribution in [0.3, 0.4) is 0 Å². The normalized spacial score (nSPS) is 14.9. The number of rotatable bonds is 2. The summed E-state index contributed by atoms with van der Waals surface area (Å²) >= 11 is 0. The average Bonchev–Trinajstić information content (AvgIpc) is 2.68. The van der Waals surface area contributed by atoms with Crippen LogP contribution < -0.4 is 9.62 Å². The summed E-state index contributed by atoms with van der Waals surface area (Å²) in [5, 5.41) is 2.72. The van der Waals surface area contributed by atoms with Crippen molar-refractivity contribution in [1.29, 1.82) is 0 Å². The van der Waals surface area contributed by atoms with Gasteiger partial charge in [-0.15, -0.1) is 0 Å². The lowest BCUT2D eigenvalue weighted by molar-refractivity contribution is -0.115. The van der Waals surface area contributed by atoms with E-state index in [1.54, 1.807) is 25.1 Å². The minimum absolute atomic E-state index is 0.0836. The van der Waals surface area contributed by atoms with E-state index in [2.05, 4.69) is 10.3 Å². The molecule has 0 saturated heterocycles. The first-order valence-electron chi connectivity index (χ1n) is 7.23. The van der Waals surface area contributed by atoms with Gasteiger partial charge in [-0.05, 0) is 37.1 Å². The highest BCUT2D eigenvalue weighted by Gasteiger charge is 2.31. The minimum atomic E-state index is -3.77. The standard InChI is InChI=1S/C16H17N3O3S/c1-11-3-4-12(2)15(9-11)23(21,22)19-8-6-16(20)18-13-5-7-17-10-14(13)19/h3-5,7,9-10H,6,8H2,1-2H3,(H,18,20). The van der Waals surface area contributed by atoms with Crippen molar-refractivity contribution in [2.75, 3.05) is 16.2 Å². The highest BCUT2D eigenvalue weighted by Crippen LogP contribution is 2.33. The molecule has 23 heavy (non-hydrogen) atoms. The van der Waals surface area contributed by atoms with Crippen molar-refractivity contribution in [3.8, 4) is 0 Å². The van der Waals surface area contributed by atoms with Gasteiger partial charge in [0.15, 0.2) is 0 Å². The molecule has 120 valence electrons. The zero-order valence-electron chi connectivity index (χ0n) is 12.9. The fourth-order valence-corrected chi connectivity index (χ4v) is 4.36. The van der Waals surface area contributed by atoms with Crippen molar-refractivity contribution < 1.29 is 13.2 Å². The van der Waals surface area contributed by atoms with E-state index in [4.69, 9.17) is 0 Å². The summed E-state index contributed by atoms with van der Waals surface area (Å²) in [6.07, 6.45) is 3.08. The molecule has 1 aromatic carbocycles. The maximum atomic E-state index is 13.1. The predicted octanol–water partition coefficient (Wildman–Crippen LogP) is 2.24. The van der Waals surface area contributed by atoms with E-state index in [0.29, 0.717) is 16.9 Å². The number of hydrogen-bond donors (Lipinski definition) is 1. The Morgan fingerprint density at radius 1 is 1.22 bits per heavy atom. The number of carbonyl (C=O) groups excluding carboxylic acids is 1. The molecular formula is C16H17N3O3S. The van der Waals surface area contributed by atoms with Gasteiger partial charge in [0.05, 0.1) is 22.5 Å². The molecule has 2 heterocycles. The second kappa shape index (κ2) is 5.66. The van der Waals surface area contributed by atoms with E-state index in [1.807, 2.05) is 13.0 Å². The summed E-state index contributed by atoms with van der Waals surface area (Å²) in [6, 6.07) is 6.91. The number of benzene rings is 1. The molecule has 2 aromatic rings. The number of sulfonamides is 1. The van der Waals surface area contributed by atoms with Gasteiger partial charge in [-0.3, -0.25) is 14.1 Å². The lowest BCUT2D eigenvalue weighted by Crippen LogP contribution is -2.32. The molecule has 0 unspecified atom stereocenters. The largest absolute Gasteiger partial charge is 0.324 e. The smallest absolute Gasteiger partial charge is 0.264 e. The Kier molecular flexibility index (Phi) is 3.81. The third-order valence-electron chi connectivity index (χ3n) is 3.80. The Bertz CT molecular complexity index is 878. The van der Waals surface area contributed by atoms with Gasteiger partial charge in [0, 0.05) is 19.2 Å². The predicted molar refractivity (Wildman–Crippen MR) is 87.9 cm³/mol. The molecule has 1 aromatic heterocycles. The van der Waals surface area contributed by atoms with Gasteiger partial charge < -0.3 is 5.32 Å². The highest BCUT2D eigenvalue weighted by molar-refractivity contribution is 7.93. The number of aromatic nitrogens is 1. The average molecular weight is 331 g/mol. The van der Waals surface area contributed by atoms with E-state index in [0.717, 1.165) is 5.56 Å². The second-order valence-electron chi connectivity index (χ2n) is 5.54. The summed E-state index contributed by atoms with van der Waals surface area (Å²) in [4.78, 5) is 16.1. The fourth-order valence-electron chi connectivity index (χ4n) is 2.58. The molecule has 0 radical (unpaired) electrons. The Morgan fingerprint density at radius 2 is 2.00 bits per heavy atom. The molecule has 0 bridgehead atoms. The molecule has 0 spiro atoms. The van der Waals surface area contributed by atoms with Gasteiger partial charge in [0.1, 0.15) is 0 Å². The molecule has 1 aliphatic heterocycles. The van der Waals surface area contributed by atoms with Crippen molar-refractivity contribution in [3.05, 3.63) is 47.8 Å². The zero-order valence-corrected chi connectivity index (χ0v) is 13.7. The molecule has 6 nitrogen and oxygen atoms in total. The summed E-state index contributed by atoms with van der Waals surface area (Å²) in [5.74, 6) is -0.212. The van der Waals surface area contributed by atoms with Crippen LogP contribution in [0.2, 0.25) is 0 Å². The maximum Gasteiger partial charge on any atom is 0.264 e. The molecule has 1 amide bonds. The second-order valence-corrected chi connectivity index (χ2v) is 7.37. The molecule has 1 N–H and O–H groups in total. The zero-order chi connectivity index (χ0) is 16.6. The number of anilines is 2. The Morgan fingerprint density at radius 3 is 2.78 bits per heavy atom. The van der Waals surface area contributed by atoms with Crippen molar-refractivity contribution in [1.82, 2.24) is 4.98 Å². The lowest BCUT2D eigenvalue weighted by Gasteiger charge is -2.24. The quantitative estimate of drug-likeness (QED) is 0.915. The van der Waals surface area contributed by atoms with E-state index in [1.165, 1.54) is 16.7 Å². The van der Waals surface area contributed by atoms with Crippen LogP contribution in [-0.4, -0.2) is 25.9 Å². The number of fused-ring (bicyclic) bond motifs is 1. The van der Waals surface area contributed by atoms with E-state index in [-0.39, 0.29) is 23.8 Å². The van der Waals surface area contributed by atoms with Crippen molar-refractivity contribution in [2.24, 2.45) is 0 Å². The molecule has 0 fully saturated rings. The van der Waals surface area contributed by atoms with Crippen molar-refractivity contribution >= 4 is 27.3 Å². The summed E-state index contributed by atoms with van der Waals surface area (Å²) in [7, 11) is -3.77. The number of aryl methyl sites for hydroxylation is 2. The SMILES string of the molecule is Cc1ccc(C)c(S(=O)(=O)N2CCC(=O)Nc3ccncc32)c1. The van der Waals surface area contributed by atoms with Crippen LogP contribution in [0.15, 0.2) is 41.6 Å². The van der Waals surface area contributed by atoms with Crippen LogP contribution in [0.25, 0.3) is 0 Å². The van der Waals surface area contributed by atoms with E-state index in [9.17, 15) is 13.2 Å². The number of pyridine rings is 1. The number of hydrogen-bond acceptors (Lipinski definition) is 4. The molecule has 0 aliphatic carbocycles. The Hall–Kier alpha value is -2.41. The van der Waals surface area contributed by atoms with Crippen LogP contribution in [0.1, 0.15) is 17.5 Å². The molecular weight excluding hydrogens is 314 g/mol. The maximum absolute atomic E-state index is 13.1. The third-order valence-corrected chi connectivity index (χ3v) is 5.75. The number of nitrogens with zero attached hydrogens (tertiary/aromatic N) is 2. The van der Waals surface area contributed by atoms with Gasteiger partial charge in [-0.1, -0.05) is 12.1 Å². The fraction of sp³-hybridized carbons (Fsp3) is 0.250. The van der Waals surface area contributed by atoms with Gasteiger partial charge >= 0.3 is 0 Å². The van der Waals surface area contributed by atoms with Gasteiger partial charge in [0.2, 0.25) is 5.91 Å². The number of carbonyl (C=O) groups is 1. The minimum Gasteiger partial charge on any atom is -0.324 e. The van der Waals surface area contributed by atoms with Crippen LogP contribution >= 0.6 is 0 Å². The van der Waals surface area contributed by atoms with Crippen LogP contribution in [0.5, 0.6) is 0 Å². The van der Waals surface area contributed by atoms with E-state index >= 15 is 0 Å². The van der Waals surface area contributed by atoms with E-state index < -0.39 is 10.0 Å². The monoisotopic (exact) mass is 331 g/mol. The summed E-state index contributed by atoms with van der Waals surface area (Å²) in [6.45, 7) is 3.69. The van der Waals surface area contributed by atoms with Gasteiger partial charge in [0.25, 0.3) is 10.0 Å². The molecule has 1 aliphatic rings. The Balaban J connectivity index is 2.17. The summed E-state index contributed by atoms with van der Waals surface area (Å²) in [5.41, 5.74) is 2.38. The highest BCUT2D eigenvalue weighted by atomic mass is 32.2. The number of nitrogens with one attached hydrogen (secondary N) is 1. The van der Waals surface area contributed by atoms with Gasteiger partial charge in [-0.2, -0.15) is 0 Å². The molecule has 3 rings (SSSR count). The molecule has 0 saturated carbocycles. The van der Waals surface area contributed by atoms with Gasteiger partial charge in [-0.25, -0.2) is 8.42 Å². The van der Waals surface area contributed by atoms with Crippen LogP contribution in [-0.2, 0) is 14.8 Å². The molecule has 7 heteroatoms. The van der Waals surface area contributed by atoms with Crippen LogP contribution in [0.4, 0.5) is 11.4 Å². The first-order valence-corrected chi connectivity index (χ1v) is 8.67. The molecule has 0 atom stereocenters. The van der Waals surface area contributed by atoms with Crippen molar-refractivity contribution in [3.63, 3.8) is 0 Å².